The molecular formula is C19H22N2O2. The number of allylic oxidation sites excluding steroid dienone is 1. The van der Waals surface area contributed by atoms with Crippen LogP contribution in [0, 0.1) is 17.0 Å². The van der Waals surface area contributed by atoms with E-state index < -0.39 is 0 Å². The first-order valence-corrected chi connectivity index (χ1v) is 7.78. The fourth-order valence-electron chi connectivity index (χ4n) is 2.57. The van der Waals surface area contributed by atoms with Gasteiger partial charge in [-0.15, -0.1) is 6.58 Å². The molecule has 4 heteroatoms. The van der Waals surface area contributed by atoms with Crippen LogP contribution in [0.1, 0.15) is 23.1 Å². The zero-order valence-corrected chi connectivity index (χ0v) is 13.4. The van der Waals surface area contributed by atoms with Crippen molar-refractivity contribution >= 4 is 11.4 Å². The van der Waals surface area contributed by atoms with Crippen LogP contribution >= 0.6 is 0 Å². The monoisotopic (exact) mass is 310 g/mol. The lowest BCUT2D eigenvalue weighted by atomic mass is 10.0. The number of rotatable bonds is 8. The number of aryl methyl sites for hydroxylation is 2. The summed E-state index contributed by atoms with van der Waals surface area (Å²) in [5.74, 6) is 0. The molecule has 0 radical (unpaired) electrons. The van der Waals surface area contributed by atoms with Crippen LogP contribution in [0.15, 0.2) is 55.1 Å². The van der Waals surface area contributed by atoms with Crippen LogP contribution in [-0.4, -0.2) is 11.5 Å². The molecule has 2 aromatic rings. The van der Waals surface area contributed by atoms with Gasteiger partial charge in [0.25, 0.3) is 5.69 Å². The highest BCUT2D eigenvalue weighted by atomic mass is 16.6. The van der Waals surface area contributed by atoms with Crippen LogP contribution in [0.5, 0.6) is 0 Å². The lowest BCUT2D eigenvalue weighted by molar-refractivity contribution is -0.384. The van der Waals surface area contributed by atoms with Crippen LogP contribution in [0.25, 0.3) is 0 Å². The Morgan fingerprint density at radius 3 is 2.65 bits per heavy atom. The van der Waals surface area contributed by atoms with Crippen molar-refractivity contribution in [1.82, 2.24) is 0 Å². The van der Waals surface area contributed by atoms with Gasteiger partial charge >= 0.3 is 0 Å². The fraction of sp³-hybridized carbons (Fsp3) is 0.263. The Balaban J connectivity index is 2.03. The van der Waals surface area contributed by atoms with Crippen molar-refractivity contribution < 1.29 is 4.92 Å². The van der Waals surface area contributed by atoms with Crippen molar-refractivity contribution in [3.63, 3.8) is 0 Å². The van der Waals surface area contributed by atoms with Gasteiger partial charge in [0.2, 0.25) is 0 Å². The number of anilines is 1. The van der Waals surface area contributed by atoms with Crippen molar-refractivity contribution in [3.8, 4) is 0 Å². The van der Waals surface area contributed by atoms with Gasteiger partial charge in [-0.2, -0.15) is 0 Å². The molecule has 0 fully saturated rings. The van der Waals surface area contributed by atoms with Gasteiger partial charge in [0.1, 0.15) is 5.69 Å². The number of nitro benzene ring substituents is 1. The first-order chi connectivity index (χ1) is 11.1. The molecule has 0 saturated carbocycles. The van der Waals surface area contributed by atoms with E-state index in [9.17, 15) is 10.1 Å². The highest BCUT2D eigenvalue weighted by molar-refractivity contribution is 5.64. The quantitative estimate of drug-likeness (QED) is 0.333. The Bertz CT molecular complexity index is 681. The molecule has 0 atom stereocenters. The molecule has 0 heterocycles. The van der Waals surface area contributed by atoms with Gasteiger partial charge in [0.15, 0.2) is 0 Å². The first kappa shape index (κ1) is 16.7. The molecule has 1 N–H and O–H groups in total. The van der Waals surface area contributed by atoms with Crippen molar-refractivity contribution in [2.45, 2.75) is 26.2 Å². The minimum atomic E-state index is -0.329. The summed E-state index contributed by atoms with van der Waals surface area (Å²) in [4.78, 5) is 10.9. The minimum absolute atomic E-state index is 0.134. The van der Waals surface area contributed by atoms with Crippen LogP contribution < -0.4 is 5.32 Å². The summed E-state index contributed by atoms with van der Waals surface area (Å²) in [5.41, 5.74) is 3.99. The molecule has 0 bridgehead atoms. The van der Waals surface area contributed by atoms with E-state index >= 15 is 0 Å². The van der Waals surface area contributed by atoms with E-state index in [4.69, 9.17) is 0 Å². The lowest BCUT2D eigenvalue weighted by Gasteiger charge is -2.11. The molecule has 120 valence electrons. The van der Waals surface area contributed by atoms with Crippen LogP contribution in [0.2, 0.25) is 0 Å². The highest BCUT2D eigenvalue weighted by Gasteiger charge is 2.15. The summed E-state index contributed by atoms with van der Waals surface area (Å²) in [6.45, 7) is 6.33. The van der Waals surface area contributed by atoms with Crippen molar-refractivity contribution in [1.29, 1.82) is 0 Å². The molecule has 0 amide bonds. The topological polar surface area (TPSA) is 55.2 Å². The summed E-state index contributed by atoms with van der Waals surface area (Å²) >= 11 is 0. The second kappa shape index (κ2) is 8.13. The Morgan fingerprint density at radius 1 is 1.26 bits per heavy atom. The van der Waals surface area contributed by atoms with E-state index in [1.54, 1.807) is 6.07 Å². The summed E-state index contributed by atoms with van der Waals surface area (Å²) in [6.07, 6.45) is 4.40. The maximum Gasteiger partial charge on any atom is 0.292 e. The fourth-order valence-corrected chi connectivity index (χ4v) is 2.57. The maximum absolute atomic E-state index is 11.2. The number of nitrogens with zero attached hydrogens (tertiary/aromatic N) is 1. The highest BCUT2D eigenvalue weighted by Crippen LogP contribution is 2.28. The normalized spacial score (nSPS) is 10.3. The van der Waals surface area contributed by atoms with Crippen LogP contribution in [0.3, 0.4) is 0 Å². The lowest BCUT2D eigenvalue weighted by Crippen LogP contribution is -2.07. The SMILES string of the molecule is C=CCc1cc(NCCCc2ccccc2)c([N+](=O)[O-])cc1C. The van der Waals surface area contributed by atoms with E-state index in [-0.39, 0.29) is 10.6 Å². The zero-order chi connectivity index (χ0) is 16.7. The Hall–Kier alpha value is -2.62. The van der Waals surface area contributed by atoms with Gasteiger partial charge in [0, 0.05) is 12.6 Å². The van der Waals surface area contributed by atoms with E-state index in [2.05, 4.69) is 24.0 Å². The average molecular weight is 310 g/mol. The minimum Gasteiger partial charge on any atom is -0.379 e. The van der Waals surface area contributed by atoms with Gasteiger partial charge in [-0.05, 0) is 48.9 Å². The summed E-state index contributed by atoms with van der Waals surface area (Å²) in [6, 6.07) is 13.7. The number of nitrogens with one attached hydrogen (secondary N) is 1. The molecular weight excluding hydrogens is 288 g/mol. The van der Waals surface area contributed by atoms with E-state index in [0.717, 1.165) is 24.0 Å². The maximum atomic E-state index is 11.2. The standard InChI is InChI=1S/C19H22N2O2/c1-3-8-17-14-18(19(21(22)23)13-15(17)2)20-12-7-11-16-9-5-4-6-10-16/h3-6,9-10,13-14,20H,1,7-8,11-12H2,2H3. The van der Waals surface area contributed by atoms with Gasteiger partial charge in [-0.3, -0.25) is 10.1 Å². The van der Waals surface area contributed by atoms with Gasteiger partial charge in [-0.1, -0.05) is 36.4 Å². The Labute approximate surface area is 137 Å². The third kappa shape index (κ3) is 4.68. The van der Waals surface area contributed by atoms with Gasteiger partial charge < -0.3 is 5.32 Å². The van der Waals surface area contributed by atoms with Crippen LogP contribution in [0.4, 0.5) is 11.4 Å². The van der Waals surface area contributed by atoms with Gasteiger partial charge in [-0.25, -0.2) is 0 Å². The van der Waals surface area contributed by atoms with Gasteiger partial charge in [0.05, 0.1) is 4.92 Å². The molecule has 0 aliphatic heterocycles. The van der Waals surface area contributed by atoms with E-state index in [1.165, 1.54) is 5.56 Å². The average Bonchev–Trinajstić information content (AvgIpc) is 2.55. The number of hydrogen-bond acceptors (Lipinski definition) is 3. The predicted molar refractivity (Wildman–Crippen MR) is 95.0 cm³/mol. The smallest absolute Gasteiger partial charge is 0.292 e. The molecule has 0 saturated heterocycles. The number of hydrogen-bond donors (Lipinski definition) is 1. The van der Waals surface area contributed by atoms with E-state index in [0.29, 0.717) is 18.7 Å². The van der Waals surface area contributed by atoms with Crippen molar-refractivity contribution in [3.05, 3.63) is 81.9 Å². The van der Waals surface area contributed by atoms with Crippen molar-refractivity contribution in [2.75, 3.05) is 11.9 Å². The molecule has 0 aliphatic carbocycles. The Kier molecular flexibility index (Phi) is 5.92. The second-order valence-electron chi connectivity index (χ2n) is 5.56. The summed E-state index contributed by atoms with van der Waals surface area (Å²) in [5, 5.41) is 14.5. The number of nitro groups is 1. The second-order valence-corrected chi connectivity index (χ2v) is 5.56. The number of benzene rings is 2. The first-order valence-electron chi connectivity index (χ1n) is 7.78. The molecule has 0 aromatic heterocycles. The molecule has 0 spiro atoms. The third-order valence-corrected chi connectivity index (χ3v) is 3.82. The predicted octanol–water partition coefficient (Wildman–Crippen LogP) is 4.68. The third-order valence-electron chi connectivity index (χ3n) is 3.82. The molecule has 2 aromatic carbocycles. The molecule has 0 aliphatic rings. The molecule has 23 heavy (non-hydrogen) atoms. The van der Waals surface area contributed by atoms with Crippen molar-refractivity contribution in [2.24, 2.45) is 0 Å². The van der Waals surface area contributed by atoms with Crippen LogP contribution in [-0.2, 0) is 12.8 Å². The molecule has 0 unspecified atom stereocenters. The molecule has 4 nitrogen and oxygen atoms in total. The van der Waals surface area contributed by atoms with E-state index in [1.807, 2.05) is 37.3 Å². The zero-order valence-electron chi connectivity index (χ0n) is 13.4. The summed E-state index contributed by atoms with van der Waals surface area (Å²) < 4.78 is 0. The molecule has 2 rings (SSSR count). The largest absolute Gasteiger partial charge is 0.379 e. The summed E-state index contributed by atoms with van der Waals surface area (Å²) in [7, 11) is 0. The Morgan fingerprint density at radius 2 is 2.00 bits per heavy atom.